The van der Waals surface area contributed by atoms with Gasteiger partial charge in [0.2, 0.25) is 0 Å². The van der Waals surface area contributed by atoms with Crippen LogP contribution in [-0.4, -0.2) is 101 Å². The average Bonchev–Trinajstić information content (AvgIpc) is 3.74. The van der Waals surface area contributed by atoms with Crippen LogP contribution >= 0.6 is 38.1 Å². The number of aryl methyl sites for hydroxylation is 1. The zero-order valence-electron chi connectivity index (χ0n) is 24.1. The van der Waals surface area contributed by atoms with Crippen molar-refractivity contribution in [1.29, 1.82) is 0 Å². The van der Waals surface area contributed by atoms with E-state index in [1.165, 1.54) is 23.5 Å². The molecule has 3 saturated heterocycles. The van der Waals surface area contributed by atoms with Gasteiger partial charge in [0.15, 0.2) is 23.9 Å². The smallest absolute Gasteiger partial charge is 0.386 e. The number of ether oxygens (including phenoxy) is 2. The van der Waals surface area contributed by atoms with E-state index in [0.29, 0.717) is 11.5 Å². The van der Waals surface area contributed by atoms with Crippen molar-refractivity contribution in [2.75, 3.05) is 30.8 Å². The van der Waals surface area contributed by atoms with Crippen molar-refractivity contribution in [3.05, 3.63) is 30.7 Å². The number of thiol groups is 2. The molecular weight excluding hydrogens is 700 g/mol. The van der Waals surface area contributed by atoms with Crippen LogP contribution in [0.15, 0.2) is 25.2 Å². The molecule has 4 aromatic rings. The summed E-state index contributed by atoms with van der Waals surface area (Å²) in [6.07, 6.45) is -2.92. The van der Waals surface area contributed by atoms with Crippen molar-refractivity contribution < 1.29 is 46.9 Å². The van der Waals surface area contributed by atoms with Gasteiger partial charge in [0.1, 0.15) is 66.3 Å². The Labute approximate surface area is 275 Å². The van der Waals surface area contributed by atoms with Gasteiger partial charge in [0.05, 0.1) is 24.9 Å². The van der Waals surface area contributed by atoms with E-state index in [9.17, 15) is 19.3 Å². The normalized spacial score (nSPS) is 37.9. The highest BCUT2D eigenvalue weighted by Crippen LogP contribution is 2.60. The van der Waals surface area contributed by atoms with Crippen molar-refractivity contribution in [2.45, 2.75) is 61.9 Å². The fourth-order valence-corrected chi connectivity index (χ4v) is 9.28. The number of nitrogens with one attached hydrogen (secondary N) is 1. The molecule has 2 bridgehead atoms. The van der Waals surface area contributed by atoms with Gasteiger partial charge in [0.25, 0.3) is 0 Å². The van der Waals surface area contributed by atoms with Crippen molar-refractivity contribution in [3.8, 4) is 0 Å². The van der Waals surface area contributed by atoms with Crippen LogP contribution in [0.4, 0.5) is 11.6 Å². The van der Waals surface area contributed by atoms with Gasteiger partial charge in [-0.15, -0.1) is 0 Å². The first-order valence-corrected chi connectivity index (χ1v) is 19.9. The number of aliphatic hydroxyl groups is 2. The van der Waals surface area contributed by atoms with Crippen LogP contribution in [-0.2, 0) is 43.1 Å². The Morgan fingerprint density at radius 1 is 0.872 bits per heavy atom. The van der Waals surface area contributed by atoms with Gasteiger partial charge in [-0.25, -0.2) is 34.0 Å². The summed E-state index contributed by atoms with van der Waals surface area (Å²) in [5.41, 5.74) is 7.88. The summed E-state index contributed by atoms with van der Waals surface area (Å²) in [4.78, 5) is 21.1. The lowest BCUT2D eigenvalue weighted by Crippen LogP contribution is -2.35. The van der Waals surface area contributed by atoms with Gasteiger partial charge in [-0.05, 0) is 18.4 Å². The second-order valence-corrected chi connectivity index (χ2v) is 17.1. The molecule has 8 rings (SSSR count). The Kier molecular flexibility index (Phi) is 8.06. The number of hydrogen-bond acceptors (Lipinski definition) is 17. The zero-order valence-corrected chi connectivity index (χ0v) is 27.7. The fourth-order valence-electron chi connectivity index (χ4n) is 6.33. The second-order valence-electron chi connectivity index (χ2n) is 11.4. The van der Waals surface area contributed by atoms with Crippen molar-refractivity contribution in [3.63, 3.8) is 0 Å². The summed E-state index contributed by atoms with van der Waals surface area (Å²) >= 11 is 8.30. The molecule has 47 heavy (non-hydrogen) atoms. The quantitative estimate of drug-likeness (QED) is 0.127. The lowest BCUT2D eigenvalue weighted by atomic mass is 10.1. The van der Waals surface area contributed by atoms with E-state index >= 15 is 0 Å². The molecule has 5 N–H and O–H groups in total. The number of aliphatic hydroxyl groups excluding tert-OH is 2. The number of nitrogens with zero attached hydrogens (tertiary/aromatic N) is 7. The minimum atomic E-state index is -4.30. The van der Waals surface area contributed by atoms with Gasteiger partial charge in [-0.2, -0.15) is 0 Å². The van der Waals surface area contributed by atoms with E-state index in [-0.39, 0.29) is 17.0 Å². The Hall–Kier alpha value is -2.39. The summed E-state index contributed by atoms with van der Waals surface area (Å²) in [5.74, 6) is 0.765. The van der Waals surface area contributed by atoms with Gasteiger partial charge >= 0.3 is 13.6 Å². The summed E-state index contributed by atoms with van der Waals surface area (Å²) in [6.45, 7) is -8.83. The minimum Gasteiger partial charge on any atom is -0.387 e. The highest BCUT2D eigenvalue weighted by molar-refractivity contribution is 8.44. The third kappa shape index (κ3) is 5.65. The highest BCUT2D eigenvalue weighted by Gasteiger charge is 2.53. The van der Waals surface area contributed by atoms with Crippen LogP contribution in [0.1, 0.15) is 24.4 Å². The molecule has 10 atom stereocenters. The number of nitrogen functional groups attached to an aromatic ring is 1. The van der Waals surface area contributed by atoms with Crippen LogP contribution in [0, 0.1) is 0 Å². The standard InChI is InChI=1S/C24H29N9O10P2S2/c25-19-14-22(30-7-27-19)33(9-31-14)24-18-15(34)11(40-24)5-38-44(36,46)42-17-12(6-39-45(37,47)43-18)41-23(16(17)35)32-4-10-2-1-3-26-20-13(10)21(32)29-8-28-20/h4,7-9,11-12,15-18,23-24,34-35H,1-3,5-6H2,(H,36,46)(H,37,47)(H2,25,27,30)(H,26,28,29)/t11-,12-,15-,16-,17-,18-,23-,24-,44?,45?/m1/s1. The van der Waals surface area contributed by atoms with Crippen LogP contribution in [0.25, 0.3) is 22.2 Å². The Bertz CT molecular complexity index is 1950. The van der Waals surface area contributed by atoms with Crippen LogP contribution in [0.2, 0.25) is 0 Å². The van der Waals surface area contributed by atoms with E-state index < -0.39 is 75.9 Å². The number of rotatable bonds is 2. The molecule has 19 nitrogen and oxygen atoms in total. The Balaban J connectivity index is 1.11. The molecule has 0 amide bonds. The lowest BCUT2D eigenvalue weighted by molar-refractivity contribution is -0.0574. The first-order chi connectivity index (χ1) is 22.5. The fraction of sp³-hybridized carbons (Fsp3) is 0.542. The number of hydrogen-bond donors (Lipinski definition) is 6. The number of nitrogens with two attached hydrogens (primary N) is 1. The molecule has 0 saturated carbocycles. The maximum atomic E-state index is 13.7. The van der Waals surface area contributed by atoms with E-state index in [1.807, 2.05) is 6.20 Å². The third-order valence-corrected chi connectivity index (χ3v) is 11.7. The van der Waals surface area contributed by atoms with Gasteiger partial charge in [0, 0.05) is 12.7 Å². The lowest BCUT2D eigenvalue weighted by Gasteiger charge is -2.26. The summed E-state index contributed by atoms with van der Waals surface area (Å²) in [6, 6.07) is 0. The van der Waals surface area contributed by atoms with Gasteiger partial charge in [-0.1, -0.05) is 24.5 Å². The van der Waals surface area contributed by atoms with Crippen molar-refractivity contribution in [1.82, 2.24) is 34.1 Å². The van der Waals surface area contributed by atoms with Gasteiger partial charge in [-0.3, -0.25) is 22.7 Å². The van der Waals surface area contributed by atoms with E-state index in [1.54, 1.807) is 4.57 Å². The molecule has 2 unspecified atom stereocenters. The molecule has 4 aliphatic rings. The number of aromatic nitrogens is 7. The predicted molar refractivity (Wildman–Crippen MR) is 169 cm³/mol. The first kappa shape index (κ1) is 31.9. The number of fused-ring (bicyclic) bond motifs is 4. The highest BCUT2D eigenvalue weighted by atomic mass is 32.7. The summed E-state index contributed by atoms with van der Waals surface area (Å²) in [7, 11) is 0. The number of anilines is 2. The van der Waals surface area contributed by atoms with Crippen LogP contribution in [0.5, 0.6) is 0 Å². The zero-order chi connectivity index (χ0) is 32.7. The van der Waals surface area contributed by atoms with Crippen molar-refractivity contribution in [2.24, 2.45) is 0 Å². The molecule has 8 heterocycles. The molecule has 252 valence electrons. The monoisotopic (exact) mass is 729 g/mol. The maximum absolute atomic E-state index is 13.7. The van der Waals surface area contributed by atoms with E-state index in [2.05, 4.69) is 54.7 Å². The average molecular weight is 730 g/mol. The predicted octanol–water partition coefficient (Wildman–Crippen LogP) is 1.62. The van der Waals surface area contributed by atoms with E-state index in [4.69, 9.17) is 33.3 Å². The molecule has 4 aliphatic heterocycles. The molecule has 0 radical (unpaired) electrons. The summed E-state index contributed by atoms with van der Waals surface area (Å²) < 4.78 is 65.3. The van der Waals surface area contributed by atoms with Crippen molar-refractivity contribution >= 4 is 71.9 Å². The van der Waals surface area contributed by atoms with Gasteiger partial charge < -0.3 is 35.3 Å². The molecule has 3 fully saturated rings. The Morgan fingerprint density at radius 3 is 2.38 bits per heavy atom. The first-order valence-electron chi connectivity index (χ1n) is 14.5. The molecule has 0 aromatic carbocycles. The Morgan fingerprint density at radius 2 is 1.57 bits per heavy atom. The molecule has 0 aliphatic carbocycles. The largest absolute Gasteiger partial charge is 0.387 e. The summed E-state index contributed by atoms with van der Waals surface area (Å²) in [5, 5.41) is 26.8. The van der Waals surface area contributed by atoms with Crippen LogP contribution < -0.4 is 11.1 Å². The molecular formula is C24H29N9O10P2S2. The third-order valence-electron chi connectivity index (χ3n) is 8.47. The number of imidazole rings is 1. The van der Waals surface area contributed by atoms with E-state index in [0.717, 1.165) is 30.3 Å². The topological polar surface area (TPSA) is 242 Å². The molecule has 4 aromatic heterocycles. The SMILES string of the molecule is Nc1ncnc2c1ncn2[C@@H]1O[C@@H]2COP(=O)(S)O[C@H]3[C@@H](O)[C@H](n4cc5c6c(ncnc64)NCCC5)O[C@@H]3COP(=O)(S)O[C@@H]1[C@@H]2O. The molecule has 0 spiro atoms. The maximum Gasteiger partial charge on any atom is 0.386 e. The van der Waals surface area contributed by atoms with Crippen LogP contribution in [0.3, 0.4) is 0 Å². The second kappa shape index (κ2) is 11.9. The minimum absolute atomic E-state index is 0.103. The molecule has 23 heteroatoms.